The smallest absolute Gasteiger partial charge is 0.161 e. The van der Waals surface area contributed by atoms with Gasteiger partial charge in [-0.3, -0.25) is 0 Å². The molecule has 0 aromatic heterocycles. The number of benzene rings is 1. The van der Waals surface area contributed by atoms with Crippen molar-refractivity contribution in [3.8, 4) is 11.5 Å². The summed E-state index contributed by atoms with van der Waals surface area (Å²) in [6.07, 6.45) is -0.582. The predicted octanol–water partition coefficient (Wildman–Crippen LogP) is 1.67. The van der Waals surface area contributed by atoms with Crippen molar-refractivity contribution >= 4 is 0 Å². The lowest BCUT2D eigenvalue weighted by Crippen LogP contribution is -2.25. The van der Waals surface area contributed by atoms with Gasteiger partial charge in [0.1, 0.15) is 13.2 Å². The topological polar surface area (TPSA) is 60.0 Å². The third-order valence-electron chi connectivity index (χ3n) is 3.06. The SMILES string of the molecule is C=C(C)COCCNCC(O)c1ccc2c(c1)OCCO2. The van der Waals surface area contributed by atoms with E-state index in [0.717, 1.165) is 16.9 Å². The average Bonchev–Trinajstić information content (AvgIpc) is 2.49. The lowest BCUT2D eigenvalue weighted by atomic mass is 10.1. The van der Waals surface area contributed by atoms with Gasteiger partial charge in [-0.05, 0) is 24.6 Å². The molecule has 2 N–H and O–H groups in total. The monoisotopic (exact) mass is 293 g/mol. The first-order valence-electron chi connectivity index (χ1n) is 7.17. The van der Waals surface area contributed by atoms with Gasteiger partial charge >= 0.3 is 0 Å². The number of rotatable bonds is 8. The average molecular weight is 293 g/mol. The molecule has 116 valence electrons. The molecule has 1 aromatic rings. The maximum Gasteiger partial charge on any atom is 0.161 e. The fourth-order valence-electron chi connectivity index (χ4n) is 2.01. The van der Waals surface area contributed by atoms with Gasteiger partial charge in [-0.1, -0.05) is 18.2 Å². The van der Waals surface area contributed by atoms with E-state index in [-0.39, 0.29) is 0 Å². The highest BCUT2D eigenvalue weighted by molar-refractivity contribution is 5.44. The molecule has 1 aromatic carbocycles. The second-order valence-electron chi connectivity index (χ2n) is 5.13. The van der Waals surface area contributed by atoms with E-state index in [2.05, 4.69) is 11.9 Å². The molecule has 2 rings (SSSR count). The number of hydrogen-bond acceptors (Lipinski definition) is 5. The van der Waals surface area contributed by atoms with Gasteiger partial charge in [0.25, 0.3) is 0 Å². The summed E-state index contributed by atoms with van der Waals surface area (Å²) in [4.78, 5) is 0. The molecule has 1 aliphatic heterocycles. The van der Waals surface area contributed by atoms with Gasteiger partial charge in [0, 0.05) is 13.1 Å². The molecule has 5 heteroatoms. The van der Waals surface area contributed by atoms with Crippen molar-refractivity contribution in [2.75, 3.05) is 39.5 Å². The quantitative estimate of drug-likeness (QED) is 0.564. The summed E-state index contributed by atoms with van der Waals surface area (Å²) in [5, 5.41) is 13.3. The van der Waals surface area contributed by atoms with Crippen LogP contribution in [-0.2, 0) is 4.74 Å². The maximum absolute atomic E-state index is 10.2. The molecule has 0 bridgehead atoms. The zero-order valence-electron chi connectivity index (χ0n) is 12.4. The van der Waals surface area contributed by atoms with Crippen molar-refractivity contribution in [2.24, 2.45) is 0 Å². The molecule has 0 spiro atoms. The van der Waals surface area contributed by atoms with Gasteiger partial charge in [-0.15, -0.1) is 0 Å². The molecule has 0 saturated heterocycles. The molecule has 0 radical (unpaired) electrons. The van der Waals surface area contributed by atoms with E-state index in [1.165, 1.54) is 0 Å². The van der Waals surface area contributed by atoms with Crippen LogP contribution in [0.4, 0.5) is 0 Å². The Morgan fingerprint density at radius 1 is 1.38 bits per heavy atom. The number of fused-ring (bicyclic) bond motifs is 1. The Morgan fingerprint density at radius 2 is 2.14 bits per heavy atom. The third-order valence-corrected chi connectivity index (χ3v) is 3.06. The molecule has 21 heavy (non-hydrogen) atoms. The predicted molar refractivity (Wildman–Crippen MR) is 80.9 cm³/mol. The lowest BCUT2D eigenvalue weighted by Gasteiger charge is -2.20. The number of nitrogens with one attached hydrogen (secondary N) is 1. The molecule has 0 aliphatic carbocycles. The van der Waals surface area contributed by atoms with Gasteiger partial charge in [0.15, 0.2) is 11.5 Å². The van der Waals surface area contributed by atoms with E-state index in [4.69, 9.17) is 14.2 Å². The highest BCUT2D eigenvalue weighted by atomic mass is 16.6. The molecule has 1 aliphatic rings. The Bertz CT molecular complexity index is 475. The van der Waals surface area contributed by atoms with Crippen LogP contribution < -0.4 is 14.8 Å². The Morgan fingerprint density at radius 3 is 2.90 bits per heavy atom. The molecule has 1 atom stereocenters. The molecule has 0 saturated carbocycles. The Balaban J connectivity index is 1.73. The van der Waals surface area contributed by atoms with E-state index >= 15 is 0 Å². The lowest BCUT2D eigenvalue weighted by molar-refractivity contribution is 0.142. The largest absolute Gasteiger partial charge is 0.486 e. The molecule has 5 nitrogen and oxygen atoms in total. The van der Waals surface area contributed by atoms with Crippen LogP contribution >= 0.6 is 0 Å². The summed E-state index contributed by atoms with van der Waals surface area (Å²) < 4.78 is 16.3. The summed E-state index contributed by atoms with van der Waals surface area (Å²) in [5.74, 6) is 1.43. The van der Waals surface area contributed by atoms with Crippen LogP contribution in [0, 0.1) is 0 Å². The minimum absolute atomic E-state index is 0.468. The first-order valence-corrected chi connectivity index (χ1v) is 7.17. The molecular formula is C16H23NO4. The van der Waals surface area contributed by atoms with Crippen molar-refractivity contribution in [2.45, 2.75) is 13.0 Å². The van der Waals surface area contributed by atoms with E-state index in [0.29, 0.717) is 45.3 Å². The van der Waals surface area contributed by atoms with Crippen molar-refractivity contribution in [1.29, 1.82) is 0 Å². The fourth-order valence-corrected chi connectivity index (χ4v) is 2.01. The standard InChI is InChI=1S/C16H23NO4/c1-12(2)11-19-6-5-17-10-14(18)13-3-4-15-16(9-13)21-8-7-20-15/h3-4,9,14,17-18H,1,5-8,10-11H2,2H3. The van der Waals surface area contributed by atoms with Crippen LogP contribution in [0.15, 0.2) is 30.4 Å². The fraction of sp³-hybridized carbons (Fsp3) is 0.500. The Hall–Kier alpha value is -1.56. The van der Waals surface area contributed by atoms with Crippen molar-refractivity contribution in [3.63, 3.8) is 0 Å². The highest BCUT2D eigenvalue weighted by Gasteiger charge is 2.15. The first-order chi connectivity index (χ1) is 10.2. The van der Waals surface area contributed by atoms with Gasteiger partial charge in [-0.25, -0.2) is 0 Å². The van der Waals surface area contributed by atoms with Crippen LogP contribution in [0.2, 0.25) is 0 Å². The number of hydrogen-bond donors (Lipinski definition) is 2. The minimum atomic E-state index is -0.582. The van der Waals surface area contributed by atoms with E-state index in [1.54, 1.807) is 0 Å². The third kappa shape index (κ3) is 5.04. The van der Waals surface area contributed by atoms with Crippen LogP contribution in [0.1, 0.15) is 18.6 Å². The van der Waals surface area contributed by atoms with Crippen molar-refractivity contribution < 1.29 is 19.3 Å². The molecule has 1 unspecified atom stereocenters. The summed E-state index contributed by atoms with van der Waals surface area (Å²) in [6.45, 7) is 9.15. The molecular weight excluding hydrogens is 270 g/mol. The number of aliphatic hydroxyl groups excluding tert-OH is 1. The first kappa shape index (κ1) is 15.8. The molecule has 0 fully saturated rings. The summed E-state index contributed by atoms with van der Waals surface area (Å²) in [6, 6.07) is 5.53. The zero-order valence-corrected chi connectivity index (χ0v) is 12.4. The van der Waals surface area contributed by atoms with Gasteiger partial charge < -0.3 is 24.6 Å². The van der Waals surface area contributed by atoms with E-state index in [1.807, 2.05) is 25.1 Å². The Kier molecular flexibility index (Phi) is 6.04. The summed E-state index contributed by atoms with van der Waals surface area (Å²) in [5.41, 5.74) is 1.82. The second kappa shape index (κ2) is 8.02. The second-order valence-corrected chi connectivity index (χ2v) is 5.13. The Labute approximate surface area is 125 Å². The molecule has 0 amide bonds. The highest BCUT2D eigenvalue weighted by Crippen LogP contribution is 2.32. The van der Waals surface area contributed by atoms with Crippen LogP contribution in [0.25, 0.3) is 0 Å². The normalized spacial score (nSPS) is 14.8. The molecule has 1 heterocycles. The zero-order chi connectivity index (χ0) is 15.1. The van der Waals surface area contributed by atoms with Gasteiger partial charge in [0.2, 0.25) is 0 Å². The maximum atomic E-state index is 10.2. The summed E-state index contributed by atoms with van der Waals surface area (Å²) in [7, 11) is 0. The van der Waals surface area contributed by atoms with Crippen molar-refractivity contribution in [1.82, 2.24) is 5.32 Å². The van der Waals surface area contributed by atoms with Crippen LogP contribution in [-0.4, -0.2) is 44.6 Å². The van der Waals surface area contributed by atoms with Gasteiger partial charge in [0.05, 0.1) is 19.3 Å². The van der Waals surface area contributed by atoms with E-state index in [9.17, 15) is 5.11 Å². The minimum Gasteiger partial charge on any atom is -0.486 e. The number of ether oxygens (including phenoxy) is 3. The number of aliphatic hydroxyl groups is 1. The van der Waals surface area contributed by atoms with E-state index < -0.39 is 6.10 Å². The van der Waals surface area contributed by atoms with Crippen molar-refractivity contribution in [3.05, 3.63) is 35.9 Å². The summed E-state index contributed by atoms with van der Waals surface area (Å²) >= 11 is 0. The van der Waals surface area contributed by atoms with Crippen LogP contribution in [0.5, 0.6) is 11.5 Å². The van der Waals surface area contributed by atoms with Crippen LogP contribution in [0.3, 0.4) is 0 Å². The van der Waals surface area contributed by atoms with Gasteiger partial charge in [-0.2, -0.15) is 0 Å².